The van der Waals surface area contributed by atoms with Crippen LogP contribution in [-0.4, -0.2) is 54.5 Å². The summed E-state index contributed by atoms with van der Waals surface area (Å²) in [5, 5.41) is 6.05. The summed E-state index contributed by atoms with van der Waals surface area (Å²) in [6.45, 7) is 6.22. The molecule has 8 heteroatoms. The van der Waals surface area contributed by atoms with Crippen molar-refractivity contribution in [3.05, 3.63) is 65.0 Å². The van der Waals surface area contributed by atoms with Crippen LogP contribution in [0.1, 0.15) is 17.5 Å². The fourth-order valence-corrected chi connectivity index (χ4v) is 5.17. The third-order valence-electron chi connectivity index (χ3n) is 6.30. The Labute approximate surface area is 203 Å². The minimum atomic E-state index is -0.341. The first-order valence-corrected chi connectivity index (χ1v) is 12.5. The molecule has 0 saturated carbocycles. The largest absolute Gasteiger partial charge is 0.378 e. The number of morpholine rings is 1. The molecule has 2 aliphatic heterocycles. The molecule has 2 amide bonds. The monoisotopic (exact) mass is 476 g/mol. The lowest BCUT2D eigenvalue weighted by Crippen LogP contribution is -2.36. The molecule has 5 rings (SSSR count). The molecule has 2 aromatic carbocycles. The van der Waals surface area contributed by atoms with Gasteiger partial charge in [0.2, 0.25) is 11.8 Å². The van der Waals surface area contributed by atoms with Crippen molar-refractivity contribution in [1.82, 2.24) is 9.88 Å². The number of anilines is 2. The van der Waals surface area contributed by atoms with Crippen LogP contribution in [-0.2, 0) is 20.9 Å². The molecule has 1 atom stereocenters. The Kier molecular flexibility index (Phi) is 6.60. The molecule has 2 fully saturated rings. The zero-order valence-corrected chi connectivity index (χ0v) is 20.0. The number of thiazole rings is 1. The number of rotatable bonds is 6. The van der Waals surface area contributed by atoms with E-state index in [0.717, 1.165) is 53.9 Å². The molecule has 0 aliphatic carbocycles. The Bertz CT molecular complexity index is 1150. The number of amides is 2. The predicted molar refractivity (Wildman–Crippen MR) is 134 cm³/mol. The molecule has 2 saturated heterocycles. The van der Waals surface area contributed by atoms with Crippen molar-refractivity contribution in [3.8, 4) is 11.3 Å². The van der Waals surface area contributed by atoms with Gasteiger partial charge < -0.3 is 19.9 Å². The normalized spacial score (nSPS) is 18.4. The lowest BCUT2D eigenvalue weighted by atomic mass is 10.1. The van der Waals surface area contributed by atoms with E-state index in [0.29, 0.717) is 13.1 Å². The van der Waals surface area contributed by atoms with E-state index in [1.165, 1.54) is 5.56 Å². The number of benzene rings is 2. The van der Waals surface area contributed by atoms with Crippen LogP contribution in [0.2, 0.25) is 0 Å². The van der Waals surface area contributed by atoms with Gasteiger partial charge in [0.25, 0.3) is 0 Å². The fourth-order valence-electron chi connectivity index (χ4n) is 4.28. The van der Waals surface area contributed by atoms with Crippen molar-refractivity contribution in [3.63, 3.8) is 0 Å². The van der Waals surface area contributed by atoms with Gasteiger partial charge in [-0.1, -0.05) is 42.0 Å². The number of nitrogens with one attached hydrogen (secondary N) is 1. The van der Waals surface area contributed by atoms with Crippen LogP contribution in [0.25, 0.3) is 11.3 Å². The van der Waals surface area contributed by atoms with Crippen molar-refractivity contribution in [1.29, 1.82) is 0 Å². The van der Waals surface area contributed by atoms with Crippen LogP contribution >= 0.6 is 11.3 Å². The highest BCUT2D eigenvalue weighted by molar-refractivity contribution is 7.14. The molecule has 7 nitrogen and oxygen atoms in total. The Hall–Kier alpha value is -3.23. The standard InChI is InChI=1S/C26H28N4O3S/c1-18-2-4-19(5-3-18)15-30-16-21(14-24(30)31)25(32)27-22-8-6-20(7-9-22)23-17-34-26(28-23)29-10-12-33-13-11-29/h2-9,17,21H,10-16H2,1H3,(H,27,32). The summed E-state index contributed by atoms with van der Waals surface area (Å²) < 4.78 is 5.42. The summed E-state index contributed by atoms with van der Waals surface area (Å²) >= 11 is 1.64. The van der Waals surface area contributed by atoms with Crippen molar-refractivity contribution in [2.75, 3.05) is 43.1 Å². The topological polar surface area (TPSA) is 74.8 Å². The second-order valence-corrected chi connectivity index (χ2v) is 9.68. The zero-order valence-electron chi connectivity index (χ0n) is 19.2. The minimum Gasteiger partial charge on any atom is -0.378 e. The van der Waals surface area contributed by atoms with E-state index in [9.17, 15) is 9.59 Å². The van der Waals surface area contributed by atoms with Crippen molar-refractivity contribution >= 4 is 34.0 Å². The molecular formula is C26H28N4O3S. The van der Waals surface area contributed by atoms with Crippen LogP contribution in [0.5, 0.6) is 0 Å². The third-order valence-corrected chi connectivity index (χ3v) is 7.20. The lowest BCUT2D eigenvalue weighted by molar-refractivity contribution is -0.128. The van der Waals surface area contributed by atoms with E-state index in [-0.39, 0.29) is 24.2 Å². The van der Waals surface area contributed by atoms with E-state index in [4.69, 9.17) is 9.72 Å². The van der Waals surface area contributed by atoms with E-state index >= 15 is 0 Å². The Balaban J connectivity index is 1.17. The van der Waals surface area contributed by atoms with Crippen LogP contribution in [0, 0.1) is 12.8 Å². The number of hydrogen-bond donors (Lipinski definition) is 1. The highest BCUT2D eigenvalue weighted by Crippen LogP contribution is 2.29. The first-order chi connectivity index (χ1) is 16.5. The first-order valence-electron chi connectivity index (χ1n) is 11.6. The third kappa shape index (κ3) is 5.13. The van der Waals surface area contributed by atoms with Gasteiger partial charge in [-0.15, -0.1) is 11.3 Å². The quantitative estimate of drug-likeness (QED) is 0.583. The molecule has 0 bridgehead atoms. The van der Waals surface area contributed by atoms with Crippen molar-refractivity contribution < 1.29 is 14.3 Å². The van der Waals surface area contributed by atoms with Crippen LogP contribution in [0.4, 0.5) is 10.8 Å². The Morgan fingerprint density at radius 3 is 2.59 bits per heavy atom. The number of likely N-dealkylation sites (tertiary alicyclic amines) is 1. The second-order valence-electron chi connectivity index (χ2n) is 8.84. The number of aromatic nitrogens is 1. The maximum atomic E-state index is 12.8. The fraction of sp³-hybridized carbons (Fsp3) is 0.346. The van der Waals surface area contributed by atoms with Crippen molar-refractivity contribution in [2.45, 2.75) is 19.9 Å². The van der Waals surface area contributed by atoms with E-state index in [1.54, 1.807) is 16.2 Å². The molecule has 34 heavy (non-hydrogen) atoms. The number of ether oxygens (including phenoxy) is 1. The summed E-state index contributed by atoms with van der Waals surface area (Å²) in [6.07, 6.45) is 0.249. The molecule has 1 aromatic heterocycles. The van der Waals surface area contributed by atoms with Gasteiger partial charge >= 0.3 is 0 Å². The molecule has 1 unspecified atom stereocenters. The number of aryl methyl sites for hydroxylation is 1. The number of hydrogen-bond acceptors (Lipinski definition) is 6. The molecule has 3 heterocycles. The second kappa shape index (κ2) is 9.95. The summed E-state index contributed by atoms with van der Waals surface area (Å²) in [6, 6.07) is 15.9. The molecule has 1 N–H and O–H groups in total. The summed E-state index contributed by atoms with van der Waals surface area (Å²) in [5.41, 5.74) is 4.93. The molecule has 2 aliphatic rings. The molecule has 0 radical (unpaired) electrons. The maximum Gasteiger partial charge on any atom is 0.229 e. The van der Waals surface area contributed by atoms with Crippen LogP contribution in [0.3, 0.4) is 0 Å². The number of nitrogens with zero attached hydrogens (tertiary/aromatic N) is 3. The van der Waals surface area contributed by atoms with E-state index < -0.39 is 0 Å². The van der Waals surface area contributed by atoms with E-state index in [1.807, 2.05) is 55.5 Å². The van der Waals surface area contributed by atoms with E-state index in [2.05, 4.69) is 15.6 Å². The van der Waals surface area contributed by atoms with Gasteiger partial charge in [0.15, 0.2) is 5.13 Å². The van der Waals surface area contributed by atoms with Gasteiger partial charge in [-0.05, 0) is 24.6 Å². The summed E-state index contributed by atoms with van der Waals surface area (Å²) in [4.78, 5) is 34.1. The molecule has 3 aromatic rings. The Morgan fingerprint density at radius 2 is 1.85 bits per heavy atom. The highest BCUT2D eigenvalue weighted by atomic mass is 32.1. The van der Waals surface area contributed by atoms with Gasteiger partial charge in [-0.25, -0.2) is 4.98 Å². The predicted octanol–water partition coefficient (Wildman–Crippen LogP) is 3.94. The maximum absolute atomic E-state index is 12.8. The van der Waals surface area contributed by atoms with Crippen LogP contribution < -0.4 is 10.2 Å². The number of carbonyl (C=O) groups is 2. The number of carbonyl (C=O) groups excluding carboxylic acids is 2. The van der Waals surface area contributed by atoms with Gasteiger partial charge in [-0.2, -0.15) is 0 Å². The highest BCUT2D eigenvalue weighted by Gasteiger charge is 2.34. The summed E-state index contributed by atoms with van der Waals surface area (Å²) in [5.74, 6) is -0.432. The smallest absolute Gasteiger partial charge is 0.229 e. The first kappa shape index (κ1) is 22.6. The van der Waals surface area contributed by atoms with Gasteiger partial charge in [-0.3, -0.25) is 9.59 Å². The average Bonchev–Trinajstić information content (AvgIpc) is 3.49. The van der Waals surface area contributed by atoms with Crippen LogP contribution in [0.15, 0.2) is 53.9 Å². The molecule has 0 spiro atoms. The van der Waals surface area contributed by atoms with Gasteiger partial charge in [0.05, 0.1) is 24.8 Å². The SMILES string of the molecule is Cc1ccc(CN2CC(C(=O)Nc3ccc(-c4csc(N5CCOCC5)n4)cc3)CC2=O)cc1. The van der Waals surface area contributed by atoms with Gasteiger partial charge in [0.1, 0.15) is 0 Å². The summed E-state index contributed by atoms with van der Waals surface area (Å²) in [7, 11) is 0. The van der Waals surface area contributed by atoms with Crippen molar-refractivity contribution in [2.24, 2.45) is 5.92 Å². The average molecular weight is 477 g/mol. The molecular weight excluding hydrogens is 448 g/mol. The Morgan fingerprint density at radius 1 is 1.12 bits per heavy atom. The molecule has 176 valence electrons. The lowest BCUT2D eigenvalue weighted by Gasteiger charge is -2.26. The van der Waals surface area contributed by atoms with Gasteiger partial charge in [0, 0.05) is 49.2 Å². The minimum absolute atomic E-state index is 0.0238. The zero-order chi connectivity index (χ0) is 23.5.